The van der Waals surface area contributed by atoms with Crippen molar-refractivity contribution >= 4 is 33.7 Å². The number of rotatable bonds is 13. The van der Waals surface area contributed by atoms with Gasteiger partial charge in [-0.1, -0.05) is 19.1 Å². The van der Waals surface area contributed by atoms with Crippen molar-refractivity contribution in [1.29, 1.82) is 0 Å². The van der Waals surface area contributed by atoms with Gasteiger partial charge in [0.1, 0.15) is 16.5 Å². The van der Waals surface area contributed by atoms with Gasteiger partial charge in [0, 0.05) is 39.7 Å². The standard InChI is InChI=1S/C30H48N4O8S/c1-21-18-24-8-6-9-26(27(24)32-19-21)43(38,39)33-25(20-40-16-7-13-31-29(37)42-30(3,4)5)28(36)34-14-10-23(11-15-34)12-17-41-22(2)35/h6,8-9,21,23,25,32-33H,7,10-20H2,1-5H3,(H,31,37)/t21?,25-/m0/s1. The fourth-order valence-electron chi connectivity index (χ4n) is 5.21. The van der Waals surface area contributed by atoms with Crippen molar-refractivity contribution in [3.8, 4) is 0 Å². The second kappa shape index (κ2) is 15.7. The third-order valence-corrected chi connectivity index (χ3v) is 8.88. The van der Waals surface area contributed by atoms with Gasteiger partial charge in [-0.2, -0.15) is 4.72 Å². The van der Waals surface area contributed by atoms with Gasteiger partial charge in [0.25, 0.3) is 0 Å². The summed E-state index contributed by atoms with van der Waals surface area (Å²) in [6, 6.07) is 4.06. The zero-order valence-corrected chi connectivity index (χ0v) is 26.9. The second-order valence-corrected chi connectivity index (χ2v) is 14.1. The number of anilines is 1. The van der Waals surface area contributed by atoms with Gasteiger partial charge in [-0.05, 0) is 76.3 Å². The van der Waals surface area contributed by atoms with E-state index >= 15 is 0 Å². The van der Waals surface area contributed by atoms with E-state index in [0.29, 0.717) is 56.7 Å². The van der Waals surface area contributed by atoms with Crippen LogP contribution in [0.25, 0.3) is 0 Å². The van der Waals surface area contributed by atoms with Crippen molar-refractivity contribution in [2.45, 2.75) is 83.3 Å². The number of alkyl carbamates (subject to hydrolysis) is 1. The first-order chi connectivity index (χ1) is 20.2. The van der Waals surface area contributed by atoms with Crippen molar-refractivity contribution in [3.63, 3.8) is 0 Å². The molecule has 2 aliphatic heterocycles. The summed E-state index contributed by atoms with van der Waals surface area (Å²) in [6.07, 6.45) is 2.88. The van der Waals surface area contributed by atoms with E-state index in [9.17, 15) is 22.8 Å². The predicted molar refractivity (Wildman–Crippen MR) is 162 cm³/mol. The van der Waals surface area contributed by atoms with E-state index in [1.807, 2.05) is 6.07 Å². The molecular formula is C30H48N4O8S. The minimum absolute atomic E-state index is 0.112. The van der Waals surface area contributed by atoms with E-state index in [1.165, 1.54) is 6.92 Å². The van der Waals surface area contributed by atoms with E-state index in [-0.39, 0.29) is 30.0 Å². The Balaban J connectivity index is 1.63. The molecule has 3 rings (SSSR count). The minimum atomic E-state index is -4.07. The highest BCUT2D eigenvalue weighted by atomic mass is 32.2. The van der Waals surface area contributed by atoms with Crippen LogP contribution in [0.5, 0.6) is 0 Å². The molecule has 1 aromatic rings. The molecule has 0 aromatic heterocycles. The highest BCUT2D eigenvalue weighted by Gasteiger charge is 2.33. The van der Waals surface area contributed by atoms with Crippen LogP contribution in [0.3, 0.4) is 0 Å². The summed E-state index contributed by atoms with van der Waals surface area (Å²) < 4.78 is 46.0. The molecule has 1 fully saturated rings. The third kappa shape index (κ3) is 11.3. The Morgan fingerprint density at radius 3 is 2.53 bits per heavy atom. The number of piperidine rings is 1. The Morgan fingerprint density at radius 2 is 1.86 bits per heavy atom. The zero-order valence-electron chi connectivity index (χ0n) is 26.1. The third-order valence-electron chi connectivity index (χ3n) is 7.37. The Hall–Kier alpha value is -2.90. The average molecular weight is 625 g/mol. The number of para-hydroxylation sites is 1. The molecular weight excluding hydrogens is 576 g/mol. The van der Waals surface area contributed by atoms with E-state index in [2.05, 4.69) is 22.3 Å². The Bertz CT molecular complexity index is 1210. The molecule has 0 bridgehead atoms. The molecule has 2 amide bonds. The number of esters is 1. The van der Waals surface area contributed by atoms with Crippen molar-refractivity contribution < 1.29 is 37.0 Å². The molecule has 0 radical (unpaired) electrons. The van der Waals surface area contributed by atoms with Crippen molar-refractivity contribution in [1.82, 2.24) is 14.9 Å². The van der Waals surface area contributed by atoms with Gasteiger partial charge in [0.15, 0.2) is 0 Å². The molecule has 13 heteroatoms. The lowest BCUT2D eigenvalue weighted by Crippen LogP contribution is -2.52. The molecule has 2 aliphatic rings. The predicted octanol–water partition coefficient (Wildman–Crippen LogP) is 3.06. The summed E-state index contributed by atoms with van der Waals surface area (Å²) in [6.45, 7) is 11.1. The number of hydrogen-bond donors (Lipinski definition) is 3. The normalized spacial score (nSPS) is 18.3. The largest absolute Gasteiger partial charge is 0.466 e. The number of likely N-dealkylation sites (tertiary alicyclic amines) is 1. The van der Waals surface area contributed by atoms with Crippen LogP contribution in [0.4, 0.5) is 10.5 Å². The molecule has 2 heterocycles. The van der Waals surface area contributed by atoms with Crippen LogP contribution in [0, 0.1) is 11.8 Å². The minimum Gasteiger partial charge on any atom is -0.466 e. The van der Waals surface area contributed by atoms with Gasteiger partial charge in [-0.15, -0.1) is 0 Å². The van der Waals surface area contributed by atoms with Crippen LogP contribution in [0.15, 0.2) is 23.1 Å². The summed E-state index contributed by atoms with van der Waals surface area (Å²) in [4.78, 5) is 38.4. The molecule has 43 heavy (non-hydrogen) atoms. The summed E-state index contributed by atoms with van der Waals surface area (Å²) in [7, 11) is -4.07. The molecule has 2 atom stereocenters. The fourth-order valence-corrected chi connectivity index (χ4v) is 6.61. The average Bonchev–Trinajstić information content (AvgIpc) is 2.92. The Labute approximate surface area is 255 Å². The van der Waals surface area contributed by atoms with E-state index in [1.54, 1.807) is 37.8 Å². The molecule has 3 N–H and O–H groups in total. The number of hydrogen-bond acceptors (Lipinski definition) is 9. The van der Waals surface area contributed by atoms with E-state index < -0.39 is 27.8 Å². The van der Waals surface area contributed by atoms with Crippen LogP contribution >= 0.6 is 0 Å². The molecule has 0 aliphatic carbocycles. The number of benzene rings is 1. The lowest BCUT2D eigenvalue weighted by molar-refractivity contribution is -0.141. The van der Waals surface area contributed by atoms with Crippen molar-refractivity contribution in [3.05, 3.63) is 23.8 Å². The summed E-state index contributed by atoms with van der Waals surface area (Å²) >= 11 is 0. The first-order valence-corrected chi connectivity index (χ1v) is 16.6. The van der Waals surface area contributed by atoms with Crippen LogP contribution in [-0.2, 0) is 40.2 Å². The van der Waals surface area contributed by atoms with E-state index in [4.69, 9.17) is 14.2 Å². The highest BCUT2D eigenvalue weighted by molar-refractivity contribution is 7.89. The first-order valence-electron chi connectivity index (χ1n) is 15.1. The maximum absolute atomic E-state index is 13.7. The molecule has 1 saturated heterocycles. The van der Waals surface area contributed by atoms with Crippen LogP contribution < -0.4 is 15.4 Å². The lowest BCUT2D eigenvalue weighted by Gasteiger charge is -2.34. The quantitative estimate of drug-likeness (QED) is 0.222. The second-order valence-electron chi connectivity index (χ2n) is 12.4. The smallest absolute Gasteiger partial charge is 0.407 e. The summed E-state index contributed by atoms with van der Waals surface area (Å²) in [5.41, 5.74) is 0.893. The number of carbonyl (C=O) groups is 3. The number of nitrogens with one attached hydrogen (secondary N) is 3. The van der Waals surface area contributed by atoms with Gasteiger partial charge in [-0.25, -0.2) is 13.2 Å². The highest BCUT2D eigenvalue weighted by Crippen LogP contribution is 2.31. The van der Waals surface area contributed by atoms with Gasteiger partial charge in [-0.3, -0.25) is 9.59 Å². The molecule has 242 valence electrons. The Kier molecular flexibility index (Phi) is 12.6. The number of carbonyl (C=O) groups excluding carboxylic acids is 3. The summed E-state index contributed by atoms with van der Waals surface area (Å²) in [5, 5.41) is 5.91. The SMILES string of the molecule is CC(=O)OCCC1CCN(C(=O)[C@H](COCCCNC(=O)OC(C)(C)C)NS(=O)(=O)c2cccc3c2NCC(C)C3)CC1. The van der Waals surface area contributed by atoms with Crippen molar-refractivity contribution in [2.75, 3.05) is 51.3 Å². The Morgan fingerprint density at radius 1 is 1.14 bits per heavy atom. The molecule has 0 saturated carbocycles. The van der Waals surface area contributed by atoms with Gasteiger partial charge < -0.3 is 29.7 Å². The number of amides is 2. The first kappa shape index (κ1) is 34.6. The van der Waals surface area contributed by atoms with Crippen LogP contribution in [-0.4, -0.2) is 88.9 Å². The lowest BCUT2D eigenvalue weighted by atomic mass is 9.93. The van der Waals surface area contributed by atoms with Crippen LogP contribution in [0.2, 0.25) is 0 Å². The maximum atomic E-state index is 13.7. The maximum Gasteiger partial charge on any atom is 0.407 e. The fraction of sp³-hybridized carbons (Fsp3) is 0.700. The number of fused-ring (bicyclic) bond motifs is 1. The number of nitrogens with zero attached hydrogens (tertiary/aromatic N) is 1. The molecule has 0 spiro atoms. The van der Waals surface area contributed by atoms with Crippen molar-refractivity contribution in [2.24, 2.45) is 11.8 Å². The zero-order chi connectivity index (χ0) is 31.6. The van der Waals surface area contributed by atoms with Gasteiger partial charge in [0.2, 0.25) is 15.9 Å². The van der Waals surface area contributed by atoms with Crippen LogP contribution in [0.1, 0.15) is 65.9 Å². The van der Waals surface area contributed by atoms with Gasteiger partial charge >= 0.3 is 12.1 Å². The van der Waals surface area contributed by atoms with E-state index in [0.717, 1.165) is 31.2 Å². The molecule has 12 nitrogen and oxygen atoms in total. The topological polar surface area (TPSA) is 152 Å². The van der Waals surface area contributed by atoms with Gasteiger partial charge in [0.05, 0.1) is 18.9 Å². The summed E-state index contributed by atoms with van der Waals surface area (Å²) in [5.74, 6) is 0.0347. The molecule has 1 unspecified atom stereocenters. The monoisotopic (exact) mass is 624 g/mol. The number of sulfonamides is 1. The molecule has 1 aromatic carbocycles. The number of ether oxygens (including phenoxy) is 3.